The first kappa shape index (κ1) is 22.9. The van der Waals surface area contributed by atoms with Crippen molar-refractivity contribution in [3.05, 3.63) is 58.0 Å². The van der Waals surface area contributed by atoms with E-state index in [2.05, 4.69) is 10.3 Å². The Bertz CT molecular complexity index is 1220. The van der Waals surface area contributed by atoms with Crippen molar-refractivity contribution in [1.29, 1.82) is 0 Å². The van der Waals surface area contributed by atoms with Gasteiger partial charge in [0, 0.05) is 24.1 Å². The van der Waals surface area contributed by atoms with E-state index < -0.39 is 18.4 Å². The number of amidine groups is 1. The van der Waals surface area contributed by atoms with Crippen molar-refractivity contribution in [2.45, 2.75) is 18.7 Å². The average molecular weight is 483 g/mol. The SMILES string of the molecule is CCNc1ccc(C(C)=O)cc1N=C1S/C(=C2\Sc3ccccc3N2C)C(=O)N1CC(=O)O. The smallest absolute Gasteiger partial charge is 0.323 e. The number of hydrogen-bond acceptors (Lipinski definition) is 8. The van der Waals surface area contributed by atoms with E-state index in [0.29, 0.717) is 28.4 Å². The van der Waals surface area contributed by atoms with Crippen LogP contribution in [-0.4, -0.2) is 53.0 Å². The summed E-state index contributed by atoms with van der Waals surface area (Å²) in [5.74, 6) is -1.65. The molecule has 0 radical (unpaired) electrons. The Morgan fingerprint density at radius 1 is 1.15 bits per heavy atom. The summed E-state index contributed by atoms with van der Waals surface area (Å²) in [4.78, 5) is 45.9. The Morgan fingerprint density at radius 3 is 2.58 bits per heavy atom. The monoisotopic (exact) mass is 482 g/mol. The van der Waals surface area contributed by atoms with Gasteiger partial charge in [-0.05, 0) is 55.9 Å². The zero-order valence-corrected chi connectivity index (χ0v) is 19.9. The molecule has 33 heavy (non-hydrogen) atoms. The molecule has 2 aliphatic rings. The van der Waals surface area contributed by atoms with Gasteiger partial charge in [-0.25, -0.2) is 4.99 Å². The lowest BCUT2D eigenvalue weighted by molar-refractivity contribution is -0.140. The topological polar surface area (TPSA) is 102 Å². The van der Waals surface area contributed by atoms with Gasteiger partial charge < -0.3 is 15.3 Å². The molecule has 1 amide bonds. The van der Waals surface area contributed by atoms with Crippen LogP contribution in [0.4, 0.5) is 17.1 Å². The summed E-state index contributed by atoms with van der Waals surface area (Å²) in [6.45, 7) is 3.54. The number of nitrogens with one attached hydrogen (secondary N) is 1. The molecule has 0 saturated carbocycles. The fraction of sp³-hybridized carbons (Fsp3) is 0.217. The van der Waals surface area contributed by atoms with Crippen molar-refractivity contribution in [3.8, 4) is 0 Å². The lowest BCUT2D eigenvalue weighted by Crippen LogP contribution is -2.34. The Labute approximate surface area is 199 Å². The first-order valence-electron chi connectivity index (χ1n) is 10.2. The summed E-state index contributed by atoms with van der Waals surface area (Å²) in [7, 11) is 1.88. The van der Waals surface area contributed by atoms with Crippen molar-refractivity contribution in [2.24, 2.45) is 4.99 Å². The first-order valence-corrected chi connectivity index (χ1v) is 11.9. The number of carboxylic acid groups (broad SMARTS) is 1. The molecule has 0 spiro atoms. The van der Waals surface area contributed by atoms with Crippen LogP contribution in [-0.2, 0) is 9.59 Å². The second-order valence-electron chi connectivity index (χ2n) is 7.36. The van der Waals surface area contributed by atoms with Crippen molar-refractivity contribution in [1.82, 2.24) is 4.90 Å². The number of aliphatic carboxylic acids is 1. The molecule has 0 aromatic heterocycles. The lowest BCUT2D eigenvalue weighted by Gasteiger charge is -2.15. The van der Waals surface area contributed by atoms with E-state index in [1.54, 1.807) is 18.2 Å². The average Bonchev–Trinajstić information content (AvgIpc) is 3.26. The molecule has 1 saturated heterocycles. The minimum atomic E-state index is -1.14. The highest BCUT2D eigenvalue weighted by Gasteiger charge is 2.40. The third-order valence-corrected chi connectivity index (χ3v) is 7.51. The second-order valence-corrected chi connectivity index (χ2v) is 9.37. The molecule has 170 valence electrons. The zero-order valence-electron chi connectivity index (χ0n) is 18.3. The quantitative estimate of drug-likeness (QED) is 0.462. The Balaban J connectivity index is 1.79. The van der Waals surface area contributed by atoms with E-state index in [4.69, 9.17) is 0 Å². The van der Waals surface area contributed by atoms with Crippen molar-refractivity contribution >= 4 is 63.4 Å². The number of anilines is 2. The van der Waals surface area contributed by atoms with Crippen LogP contribution in [0.25, 0.3) is 0 Å². The number of nitrogens with zero attached hydrogens (tertiary/aromatic N) is 3. The van der Waals surface area contributed by atoms with Gasteiger partial charge in [0.05, 0.1) is 22.1 Å². The van der Waals surface area contributed by atoms with E-state index in [9.17, 15) is 19.5 Å². The van der Waals surface area contributed by atoms with Gasteiger partial charge in [0.2, 0.25) is 0 Å². The highest BCUT2D eigenvalue weighted by molar-refractivity contribution is 8.19. The van der Waals surface area contributed by atoms with Gasteiger partial charge in [0.1, 0.15) is 11.4 Å². The number of Topliss-reactive ketones (excluding diaryl/α,β-unsaturated/α-hetero) is 1. The number of carboxylic acids is 1. The van der Waals surface area contributed by atoms with Gasteiger partial charge in [-0.1, -0.05) is 23.9 Å². The number of para-hydroxylation sites is 1. The molecular weight excluding hydrogens is 460 g/mol. The highest BCUT2D eigenvalue weighted by Crippen LogP contribution is 2.50. The molecule has 2 heterocycles. The molecule has 2 N–H and O–H groups in total. The maximum atomic E-state index is 13.3. The molecule has 1 fully saturated rings. The standard InChI is InChI=1S/C23H22N4O4S2/c1-4-24-15-10-9-14(13(2)28)11-16(15)25-23-27(12-19(29)30)21(31)20(33-23)22-26(3)17-7-5-6-8-18(17)32-22/h5-11,24H,4,12H2,1-3H3,(H,29,30)/b22-20-,25-23?. The fourth-order valence-electron chi connectivity index (χ4n) is 3.48. The number of ketones is 1. The van der Waals surface area contributed by atoms with E-state index in [0.717, 1.165) is 27.4 Å². The Kier molecular flexibility index (Phi) is 6.48. The molecule has 2 aliphatic heterocycles. The van der Waals surface area contributed by atoms with E-state index >= 15 is 0 Å². The van der Waals surface area contributed by atoms with Crippen LogP contribution in [0, 0.1) is 0 Å². The van der Waals surface area contributed by atoms with Gasteiger partial charge in [-0.3, -0.25) is 19.3 Å². The minimum Gasteiger partial charge on any atom is -0.480 e. The number of hydrogen-bond donors (Lipinski definition) is 2. The number of carbonyl (C=O) groups is 3. The molecule has 0 bridgehead atoms. The van der Waals surface area contributed by atoms with Gasteiger partial charge in [0.15, 0.2) is 11.0 Å². The van der Waals surface area contributed by atoms with Crippen LogP contribution in [0.5, 0.6) is 0 Å². The fourth-order valence-corrected chi connectivity index (χ4v) is 5.82. The van der Waals surface area contributed by atoms with Crippen LogP contribution in [0.1, 0.15) is 24.2 Å². The van der Waals surface area contributed by atoms with Crippen LogP contribution in [0.15, 0.2) is 62.3 Å². The first-order chi connectivity index (χ1) is 15.8. The normalized spacial score (nSPS) is 18.8. The Hall–Kier alpha value is -3.24. The summed E-state index contributed by atoms with van der Waals surface area (Å²) in [6.07, 6.45) is 0. The van der Waals surface area contributed by atoms with Crippen LogP contribution < -0.4 is 10.2 Å². The number of aliphatic imine (C=N–C) groups is 1. The van der Waals surface area contributed by atoms with Crippen LogP contribution >= 0.6 is 23.5 Å². The largest absolute Gasteiger partial charge is 0.480 e. The van der Waals surface area contributed by atoms with Gasteiger partial charge in [-0.15, -0.1) is 0 Å². The number of amides is 1. The van der Waals surface area contributed by atoms with Gasteiger partial charge >= 0.3 is 5.97 Å². The molecule has 2 aromatic rings. The van der Waals surface area contributed by atoms with Crippen molar-refractivity contribution in [3.63, 3.8) is 0 Å². The summed E-state index contributed by atoms with van der Waals surface area (Å²) in [5.41, 5.74) is 2.63. The number of benzene rings is 2. The predicted molar refractivity (Wildman–Crippen MR) is 132 cm³/mol. The predicted octanol–water partition coefficient (Wildman–Crippen LogP) is 4.38. The summed E-state index contributed by atoms with van der Waals surface area (Å²) < 4.78 is 0. The maximum Gasteiger partial charge on any atom is 0.323 e. The molecule has 8 nitrogen and oxygen atoms in total. The zero-order chi connectivity index (χ0) is 23.7. The number of rotatable bonds is 6. The minimum absolute atomic E-state index is 0.110. The molecule has 2 aromatic carbocycles. The second kappa shape index (κ2) is 9.32. The van der Waals surface area contributed by atoms with Gasteiger partial charge in [-0.2, -0.15) is 0 Å². The van der Waals surface area contributed by atoms with Crippen molar-refractivity contribution < 1.29 is 19.5 Å². The maximum absolute atomic E-state index is 13.3. The highest BCUT2D eigenvalue weighted by atomic mass is 32.2. The third kappa shape index (κ3) is 4.49. The molecule has 4 rings (SSSR count). The molecule has 0 atom stereocenters. The summed E-state index contributed by atoms with van der Waals surface area (Å²) >= 11 is 2.61. The molecule has 0 unspecified atom stereocenters. The summed E-state index contributed by atoms with van der Waals surface area (Å²) in [6, 6.07) is 12.9. The van der Waals surface area contributed by atoms with E-state index in [1.807, 2.05) is 43.1 Å². The lowest BCUT2D eigenvalue weighted by atomic mass is 10.1. The molecule has 0 aliphatic carbocycles. The molecular formula is C23H22N4O4S2. The third-order valence-electron chi connectivity index (χ3n) is 5.08. The number of carbonyl (C=O) groups excluding carboxylic acids is 2. The van der Waals surface area contributed by atoms with Crippen molar-refractivity contribution in [2.75, 3.05) is 30.4 Å². The van der Waals surface area contributed by atoms with E-state index in [-0.39, 0.29) is 11.0 Å². The Morgan fingerprint density at radius 2 is 1.91 bits per heavy atom. The molecule has 10 heteroatoms. The van der Waals surface area contributed by atoms with Gasteiger partial charge in [0.25, 0.3) is 5.91 Å². The number of fused-ring (bicyclic) bond motifs is 1. The number of thioether (sulfide) groups is 2. The van der Waals surface area contributed by atoms with Crippen LogP contribution in [0.3, 0.4) is 0 Å². The summed E-state index contributed by atoms with van der Waals surface area (Å²) in [5, 5.41) is 13.6. The van der Waals surface area contributed by atoms with E-state index in [1.165, 1.54) is 23.6 Å². The van der Waals surface area contributed by atoms with Crippen LogP contribution in [0.2, 0.25) is 0 Å².